The maximum atomic E-state index is 12.1. The summed E-state index contributed by atoms with van der Waals surface area (Å²) in [6.45, 7) is 4.11. The predicted molar refractivity (Wildman–Crippen MR) is 71.3 cm³/mol. The van der Waals surface area contributed by atoms with Crippen LogP contribution in [0.1, 0.15) is 26.7 Å². The van der Waals surface area contributed by atoms with Crippen LogP contribution in [0.2, 0.25) is 0 Å². The van der Waals surface area contributed by atoms with Gasteiger partial charge in [0.2, 0.25) is 10.0 Å². The molecule has 1 heterocycles. The van der Waals surface area contributed by atoms with Gasteiger partial charge in [0.15, 0.2) is 5.75 Å². The van der Waals surface area contributed by atoms with Gasteiger partial charge in [-0.05, 0) is 26.7 Å². The van der Waals surface area contributed by atoms with Gasteiger partial charge in [-0.3, -0.25) is 9.59 Å². The zero-order valence-electron chi connectivity index (χ0n) is 11.8. The number of carbonyl (C=O) groups excluding carboxylic acids is 2. The second-order valence-corrected chi connectivity index (χ2v) is 6.48. The number of hydrogen-bond donors (Lipinski definition) is 0. The lowest BCUT2D eigenvalue weighted by Gasteiger charge is -2.30. The van der Waals surface area contributed by atoms with Crippen LogP contribution in [0.25, 0.3) is 0 Å². The highest BCUT2D eigenvalue weighted by Gasteiger charge is 2.34. The Bertz CT molecular complexity index is 447. The summed E-state index contributed by atoms with van der Waals surface area (Å²) in [5, 5.41) is 0. The Hall–Kier alpha value is -1.15. The molecule has 0 aromatic heterocycles. The molecule has 1 saturated heterocycles. The second-order valence-electron chi connectivity index (χ2n) is 4.51. The number of rotatable bonds is 6. The van der Waals surface area contributed by atoms with Crippen molar-refractivity contribution < 1.29 is 27.5 Å². The third-order valence-electron chi connectivity index (χ3n) is 3.00. The average Bonchev–Trinajstić information content (AvgIpc) is 2.39. The van der Waals surface area contributed by atoms with Gasteiger partial charge in [-0.15, -0.1) is 0 Å². The third kappa shape index (κ3) is 4.75. The van der Waals surface area contributed by atoms with Gasteiger partial charge in [-0.1, -0.05) is 0 Å². The molecule has 1 fully saturated rings. The minimum absolute atomic E-state index is 0.0700. The average molecular weight is 307 g/mol. The van der Waals surface area contributed by atoms with Crippen molar-refractivity contribution in [2.45, 2.75) is 26.7 Å². The number of piperidine rings is 1. The zero-order chi connectivity index (χ0) is 15.2. The van der Waals surface area contributed by atoms with Crippen LogP contribution in [-0.2, 0) is 29.1 Å². The summed E-state index contributed by atoms with van der Waals surface area (Å²) in [6, 6.07) is 0. The number of hydrogen-bond acceptors (Lipinski definition) is 6. The summed E-state index contributed by atoms with van der Waals surface area (Å²) in [7, 11) is -3.74. The monoisotopic (exact) mass is 307 g/mol. The van der Waals surface area contributed by atoms with Gasteiger partial charge >= 0.3 is 11.9 Å². The van der Waals surface area contributed by atoms with E-state index in [-0.39, 0.29) is 25.7 Å². The van der Waals surface area contributed by atoms with Crippen molar-refractivity contribution in [1.82, 2.24) is 4.31 Å². The van der Waals surface area contributed by atoms with Crippen molar-refractivity contribution in [1.29, 1.82) is 0 Å². The Morgan fingerprint density at radius 3 is 2.45 bits per heavy atom. The van der Waals surface area contributed by atoms with E-state index in [0.717, 1.165) is 0 Å². The summed E-state index contributed by atoms with van der Waals surface area (Å²) in [5.41, 5.74) is 0. The van der Waals surface area contributed by atoms with Crippen LogP contribution < -0.4 is 0 Å². The van der Waals surface area contributed by atoms with E-state index in [1.807, 2.05) is 0 Å². The fourth-order valence-electron chi connectivity index (χ4n) is 2.09. The van der Waals surface area contributed by atoms with Crippen LogP contribution in [-0.4, -0.2) is 56.7 Å². The summed E-state index contributed by atoms with van der Waals surface area (Å²) in [4.78, 5) is 23.0. The molecule has 7 nitrogen and oxygen atoms in total. The van der Waals surface area contributed by atoms with E-state index in [9.17, 15) is 18.0 Å². The second kappa shape index (κ2) is 7.58. The molecule has 0 aromatic rings. The molecule has 1 aliphatic rings. The molecule has 0 saturated carbocycles. The molecule has 20 heavy (non-hydrogen) atoms. The molecule has 0 radical (unpaired) electrons. The van der Waals surface area contributed by atoms with Gasteiger partial charge in [0, 0.05) is 13.1 Å². The Kier molecular flexibility index (Phi) is 6.41. The lowest BCUT2D eigenvalue weighted by molar-refractivity contribution is -0.149. The van der Waals surface area contributed by atoms with Gasteiger partial charge < -0.3 is 9.47 Å². The van der Waals surface area contributed by atoms with Gasteiger partial charge in [0.05, 0.1) is 19.1 Å². The minimum atomic E-state index is -3.74. The Labute approximate surface area is 119 Å². The minimum Gasteiger partial charge on any atom is -0.466 e. The lowest BCUT2D eigenvalue weighted by Crippen LogP contribution is -2.44. The number of ether oxygens (including phenoxy) is 2. The number of nitrogens with zero attached hydrogens (tertiary/aromatic N) is 1. The van der Waals surface area contributed by atoms with Gasteiger partial charge in [0.1, 0.15) is 0 Å². The first kappa shape index (κ1) is 16.9. The molecule has 0 unspecified atom stereocenters. The molecule has 0 bridgehead atoms. The van der Waals surface area contributed by atoms with Crippen molar-refractivity contribution in [3.8, 4) is 0 Å². The SMILES string of the molecule is CCOC(=O)CS(=O)(=O)N1CCC[C@H](C(=O)OCC)C1. The van der Waals surface area contributed by atoms with E-state index in [1.165, 1.54) is 4.31 Å². The van der Waals surface area contributed by atoms with Crippen LogP contribution in [0.3, 0.4) is 0 Å². The van der Waals surface area contributed by atoms with E-state index in [4.69, 9.17) is 4.74 Å². The van der Waals surface area contributed by atoms with Crippen LogP contribution in [0.15, 0.2) is 0 Å². The maximum absolute atomic E-state index is 12.1. The van der Waals surface area contributed by atoms with E-state index in [0.29, 0.717) is 19.4 Å². The highest BCUT2D eigenvalue weighted by molar-refractivity contribution is 7.89. The molecule has 1 rings (SSSR count). The highest BCUT2D eigenvalue weighted by atomic mass is 32.2. The molecule has 116 valence electrons. The number of carbonyl (C=O) groups is 2. The normalized spacial score (nSPS) is 20.4. The van der Waals surface area contributed by atoms with Crippen LogP contribution >= 0.6 is 0 Å². The molecule has 0 amide bonds. The van der Waals surface area contributed by atoms with Crippen LogP contribution in [0.4, 0.5) is 0 Å². The molecular weight excluding hydrogens is 286 g/mol. The summed E-state index contributed by atoms with van der Waals surface area (Å²) in [6.07, 6.45) is 1.18. The molecule has 1 aliphatic heterocycles. The molecule has 0 N–H and O–H groups in total. The molecule has 0 spiro atoms. The first-order valence-electron chi connectivity index (χ1n) is 6.70. The topological polar surface area (TPSA) is 90.0 Å². The molecule has 1 atom stereocenters. The lowest BCUT2D eigenvalue weighted by atomic mass is 10.0. The van der Waals surface area contributed by atoms with Crippen molar-refractivity contribution in [2.24, 2.45) is 5.92 Å². The van der Waals surface area contributed by atoms with Gasteiger partial charge in [-0.25, -0.2) is 12.7 Å². The maximum Gasteiger partial charge on any atom is 0.322 e. The van der Waals surface area contributed by atoms with Crippen LogP contribution in [0.5, 0.6) is 0 Å². The van der Waals surface area contributed by atoms with Crippen molar-refractivity contribution >= 4 is 22.0 Å². The summed E-state index contributed by atoms with van der Waals surface area (Å²) < 4.78 is 34.9. The van der Waals surface area contributed by atoms with Crippen LogP contribution in [0, 0.1) is 5.92 Å². The van der Waals surface area contributed by atoms with E-state index in [2.05, 4.69) is 4.74 Å². The zero-order valence-corrected chi connectivity index (χ0v) is 12.6. The van der Waals surface area contributed by atoms with Crippen molar-refractivity contribution in [2.75, 3.05) is 32.1 Å². The summed E-state index contributed by atoms with van der Waals surface area (Å²) in [5.74, 6) is -2.30. The largest absolute Gasteiger partial charge is 0.466 e. The quantitative estimate of drug-likeness (QED) is 0.649. The van der Waals surface area contributed by atoms with Crippen molar-refractivity contribution in [3.05, 3.63) is 0 Å². The molecule has 8 heteroatoms. The molecule has 0 aromatic carbocycles. The fraction of sp³-hybridized carbons (Fsp3) is 0.833. The molecule has 0 aliphatic carbocycles. The number of esters is 2. The third-order valence-corrected chi connectivity index (χ3v) is 4.72. The van der Waals surface area contributed by atoms with Gasteiger partial charge in [0.25, 0.3) is 0 Å². The van der Waals surface area contributed by atoms with E-state index in [1.54, 1.807) is 13.8 Å². The van der Waals surface area contributed by atoms with Gasteiger partial charge in [-0.2, -0.15) is 0 Å². The smallest absolute Gasteiger partial charge is 0.322 e. The Morgan fingerprint density at radius 2 is 1.85 bits per heavy atom. The Morgan fingerprint density at radius 1 is 1.20 bits per heavy atom. The first-order chi connectivity index (χ1) is 9.40. The first-order valence-corrected chi connectivity index (χ1v) is 8.31. The van der Waals surface area contributed by atoms with E-state index < -0.39 is 27.7 Å². The highest BCUT2D eigenvalue weighted by Crippen LogP contribution is 2.20. The predicted octanol–water partition coefficient (Wildman–Crippen LogP) is 0.154. The molecular formula is C12H21NO6S. The number of sulfonamides is 1. The fourth-order valence-corrected chi connectivity index (χ4v) is 3.47. The van der Waals surface area contributed by atoms with Crippen molar-refractivity contribution in [3.63, 3.8) is 0 Å². The summed E-state index contributed by atoms with van der Waals surface area (Å²) >= 11 is 0. The Balaban J connectivity index is 2.65. The standard InChI is InChI=1S/C12H21NO6S/c1-3-18-11(14)9-20(16,17)13-7-5-6-10(8-13)12(15)19-4-2/h10H,3-9H2,1-2H3/t10-/m0/s1. The van der Waals surface area contributed by atoms with E-state index >= 15 is 0 Å².